The minimum Gasteiger partial charge on any atom is -0.465 e. The molecule has 0 aliphatic carbocycles. The van der Waals surface area contributed by atoms with E-state index in [0.29, 0.717) is 19.8 Å². The summed E-state index contributed by atoms with van der Waals surface area (Å²) in [6.45, 7) is 10.7. The Morgan fingerprint density at radius 1 is 1.44 bits per heavy atom. The zero-order chi connectivity index (χ0) is 13.8. The standard InChI is InChI=1S/C13H26NO3S/c1-6-16-11(15)13(7-8-14-9-13)10-17-18(5)12(2,3)4/h14H,6-10H2,1-5H3/q+1. The van der Waals surface area contributed by atoms with Crippen molar-refractivity contribution in [2.75, 3.05) is 32.6 Å². The molecular formula is C13H26NO3S+. The summed E-state index contributed by atoms with van der Waals surface area (Å²) in [5.74, 6) is -0.124. The summed E-state index contributed by atoms with van der Waals surface area (Å²) in [7, 11) is 0. The maximum absolute atomic E-state index is 12.1. The number of carbonyl (C=O) groups excluding carboxylic acids is 1. The monoisotopic (exact) mass is 276 g/mol. The molecule has 106 valence electrons. The van der Waals surface area contributed by atoms with Crippen LogP contribution in [0.4, 0.5) is 0 Å². The zero-order valence-corrected chi connectivity index (χ0v) is 13.0. The summed E-state index contributed by atoms with van der Waals surface area (Å²) in [6.07, 6.45) is 2.88. The van der Waals surface area contributed by atoms with Gasteiger partial charge in [-0.2, -0.15) is 4.18 Å². The second-order valence-corrected chi connectivity index (χ2v) is 8.12. The Hall–Kier alpha value is -0.260. The normalized spacial score (nSPS) is 26.1. The van der Waals surface area contributed by atoms with Gasteiger partial charge in [-0.05, 0) is 40.7 Å². The van der Waals surface area contributed by atoms with Crippen molar-refractivity contribution in [3.05, 3.63) is 0 Å². The third-order valence-electron chi connectivity index (χ3n) is 3.33. The molecule has 1 heterocycles. The van der Waals surface area contributed by atoms with Crippen LogP contribution in [-0.4, -0.2) is 43.3 Å². The fourth-order valence-electron chi connectivity index (χ4n) is 1.76. The lowest BCUT2D eigenvalue weighted by molar-refractivity contribution is -0.155. The van der Waals surface area contributed by atoms with E-state index < -0.39 is 5.41 Å². The highest BCUT2D eigenvalue weighted by Crippen LogP contribution is 2.30. The summed E-state index contributed by atoms with van der Waals surface area (Å²) >= 11 is -0.165. The third kappa shape index (κ3) is 3.87. The molecule has 5 heteroatoms. The number of carbonyl (C=O) groups is 1. The van der Waals surface area contributed by atoms with Crippen molar-refractivity contribution < 1.29 is 13.7 Å². The molecule has 0 saturated carbocycles. The van der Waals surface area contributed by atoms with Gasteiger partial charge in [0, 0.05) is 6.54 Å². The maximum atomic E-state index is 12.1. The maximum Gasteiger partial charge on any atom is 0.315 e. The lowest BCUT2D eigenvalue weighted by Gasteiger charge is -2.25. The highest BCUT2D eigenvalue weighted by atomic mass is 32.2. The summed E-state index contributed by atoms with van der Waals surface area (Å²) in [6, 6.07) is 0. The summed E-state index contributed by atoms with van der Waals surface area (Å²) in [5.41, 5.74) is -0.484. The predicted octanol–water partition coefficient (Wildman–Crippen LogP) is 1.51. The molecule has 0 aromatic carbocycles. The second-order valence-electron chi connectivity index (χ2n) is 5.76. The van der Waals surface area contributed by atoms with E-state index in [9.17, 15) is 4.79 Å². The van der Waals surface area contributed by atoms with Gasteiger partial charge in [-0.1, -0.05) is 0 Å². The average Bonchev–Trinajstić information content (AvgIpc) is 2.74. The van der Waals surface area contributed by atoms with Crippen molar-refractivity contribution >= 4 is 17.1 Å². The van der Waals surface area contributed by atoms with Gasteiger partial charge in [0.25, 0.3) is 0 Å². The van der Waals surface area contributed by atoms with Crippen LogP contribution in [0.15, 0.2) is 0 Å². The Morgan fingerprint density at radius 3 is 2.56 bits per heavy atom. The van der Waals surface area contributed by atoms with Gasteiger partial charge in [0.2, 0.25) is 0 Å². The lowest BCUT2D eigenvalue weighted by atomic mass is 9.88. The van der Waals surface area contributed by atoms with E-state index in [2.05, 4.69) is 32.3 Å². The quantitative estimate of drug-likeness (QED) is 0.611. The number of esters is 1. The molecule has 0 spiro atoms. The number of ether oxygens (including phenoxy) is 1. The van der Waals surface area contributed by atoms with Crippen molar-refractivity contribution in [3.8, 4) is 0 Å². The van der Waals surface area contributed by atoms with E-state index in [4.69, 9.17) is 8.92 Å². The van der Waals surface area contributed by atoms with Gasteiger partial charge in [0.05, 0.1) is 6.61 Å². The van der Waals surface area contributed by atoms with Crippen LogP contribution in [0.5, 0.6) is 0 Å². The molecule has 4 nitrogen and oxygen atoms in total. The average molecular weight is 276 g/mol. The molecule has 1 rings (SSSR count). The van der Waals surface area contributed by atoms with Crippen molar-refractivity contribution in [2.24, 2.45) is 5.41 Å². The topological polar surface area (TPSA) is 47.6 Å². The van der Waals surface area contributed by atoms with E-state index in [0.717, 1.165) is 13.0 Å². The van der Waals surface area contributed by atoms with E-state index >= 15 is 0 Å². The lowest BCUT2D eigenvalue weighted by Crippen LogP contribution is -2.42. The second kappa shape index (κ2) is 6.26. The number of hydrogen-bond acceptors (Lipinski definition) is 4. The number of hydrogen-bond donors (Lipinski definition) is 1. The van der Waals surface area contributed by atoms with Crippen molar-refractivity contribution in [2.45, 2.75) is 38.9 Å². The molecule has 2 unspecified atom stereocenters. The number of nitrogens with one attached hydrogen (secondary N) is 1. The fourth-order valence-corrected chi connectivity index (χ4v) is 2.52. The Kier molecular flexibility index (Phi) is 5.49. The highest BCUT2D eigenvalue weighted by molar-refractivity contribution is 7.93. The molecule has 1 fully saturated rings. The minimum absolute atomic E-state index is 0.113. The van der Waals surface area contributed by atoms with Crippen LogP contribution in [0.1, 0.15) is 34.1 Å². The van der Waals surface area contributed by atoms with Gasteiger partial charge >= 0.3 is 5.97 Å². The molecule has 0 radical (unpaired) electrons. The Balaban J connectivity index is 2.61. The largest absolute Gasteiger partial charge is 0.465 e. The molecule has 1 saturated heterocycles. The number of rotatable bonds is 5. The molecule has 1 aliphatic rings. The Morgan fingerprint density at radius 2 is 2.11 bits per heavy atom. The van der Waals surface area contributed by atoms with Crippen molar-refractivity contribution in [1.82, 2.24) is 5.32 Å². The predicted molar refractivity (Wildman–Crippen MR) is 75.5 cm³/mol. The zero-order valence-electron chi connectivity index (χ0n) is 12.2. The molecule has 1 N–H and O–H groups in total. The van der Waals surface area contributed by atoms with E-state index in [1.165, 1.54) is 0 Å². The fraction of sp³-hybridized carbons (Fsp3) is 0.923. The molecule has 0 amide bonds. The first-order chi connectivity index (χ1) is 8.32. The van der Waals surface area contributed by atoms with Crippen LogP contribution in [0.25, 0.3) is 0 Å². The Bertz CT molecular complexity index is 282. The van der Waals surface area contributed by atoms with E-state index in [-0.39, 0.29) is 21.9 Å². The smallest absolute Gasteiger partial charge is 0.315 e. The van der Waals surface area contributed by atoms with Gasteiger partial charge in [-0.3, -0.25) is 4.79 Å². The molecule has 0 aromatic heterocycles. The van der Waals surface area contributed by atoms with Gasteiger partial charge in [0.1, 0.15) is 29.5 Å². The first kappa shape index (κ1) is 15.8. The first-order valence-corrected chi connectivity index (χ1v) is 8.05. The molecular weight excluding hydrogens is 250 g/mol. The molecule has 18 heavy (non-hydrogen) atoms. The van der Waals surface area contributed by atoms with Crippen molar-refractivity contribution in [1.29, 1.82) is 0 Å². The van der Waals surface area contributed by atoms with Crippen LogP contribution in [-0.2, 0) is 24.9 Å². The van der Waals surface area contributed by atoms with E-state index in [1.807, 2.05) is 6.92 Å². The molecule has 0 bridgehead atoms. The SMILES string of the molecule is CCOC(=O)C1(CO[S+](C)C(C)(C)C)CCNC1. The van der Waals surface area contributed by atoms with Gasteiger partial charge < -0.3 is 10.1 Å². The van der Waals surface area contributed by atoms with Crippen LogP contribution in [0.3, 0.4) is 0 Å². The first-order valence-electron chi connectivity index (χ1n) is 6.49. The van der Waals surface area contributed by atoms with Gasteiger partial charge in [-0.15, -0.1) is 0 Å². The van der Waals surface area contributed by atoms with Crippen LogP contribution in [0, 0.1) is 5.41 Å². The van der Waals surface area contributed by atoms with Gasteiger partial charge in [0.15, 0.2) is 4.75 Å². The van der Waals surface area contributed by atoms with E-state index in [1.54, 1.807) is 0 Å². The summed E-state index contributed by atoms with van der Waals surface area (Å²) in [5, 5.41) is 3.24. The van der Waals surface area contributed by atoms with Crippen LogP contribution < -0.4 is 5.32 Å². The molecule has 1 aliphatic heterocycles. The van der Waals surface area contributed by atoms with Crippen molar-refractivity contribution in [3.63, 3.8) is 0 Å². The minimum atomic E-state index is -0.484. The van der Waals surface area contributed by atoms with Crippen LogP contribution >= 0.6 is 0 Å². The third-order valence-corrected chi connectivity index (χ3v) is 5.52. The van der Waals surface area contributed by atoms with Crippen LogP contribution in [0.2, 0.25) is 0 Å². The summed E-state index contributed by atoms with van der Waals surface area (Å²) in [4.78, 5) is 12.1. The van der Waals surface area contributed by atoms with Gasteiger partial charge in [-0.25, -0.2) is 0 Å². The highest BCUT2D eigenvalue weighted by Gasteiger charge is 2.46. The summed E-state index contributed by atoms with van der Waals surface area (Å²) < 4.78 is 11.3. The molecule has 0 aromatic rings. The Labute approximate surface area is 113 Å². The molecule has 2 atom stereocenters.